The second-order valence-electron chi connectivity index (χ2n) is 3.14. The lowest BCUT2D eigenvalue weighted by Crippen LogP contribution is -2.37. The number of alkyl halides is 1. The lowest BCUT2D eigenvalue weighted by atomic mass is 10.4. The molecule has 3 nitrogen and oxygen atoms in total. The number of carbonyl (C=O) groups is 1. The van der Waals surface area contributed by atoms with E-state index in [0.29, 0.717) is 12.6 Å². The van der Waals surface area contributed by atoms with Gasteiger partial charge in [-0.3, -0.25) is 4.79 Å². The van der Waals surface area contributed by atoms with Crippen molar-refractivity contribution in [3.63, 3.8) is 0 Å². The van der Waals surface area contributed by atoms with Gasteiger partial charge in [0.1, 0.15) is 6.61 Å². The average molecular weight is 250 g/mol. The molecule has 1 amide bonds. The Labute approximate surface area is 87.6 Å². The van der Waals surface area contributed by atoms with E-state index in [2.05, 4.69) is 15.9 Å². The second-order valence-corrected chi connectivity index (χ2v) is 3.94. The maximum absolute atomic E-state index is 11.6. The van der Waals surface area contributed by atoms with Gasteiger partial charge in [-0.1, -0.05) is 15.9 Å². The molecule has 76 valence electrons. The van der Waals surface area contributed by atoms with Gasteiger partial charge in [-0.25, -0.2) is 0 Å². The van der Waals surface area contributed by atoms with Crippen molar-refractivity contribution in [1.29, 1.82) is 0 Å². The zero-order valence-corrected chi connectivity index (χ0v) is 9.55. The van der Waals surface area contributed by atoms with Crippen LogP contribution in [-0.4, -0.2) is 41.9 Å². The first-order valence-electron chi connectivity index (χ1n) is 4.72. The molecule has 1 aliphatic rings. The molecule has 0 N–H and O–H groups in total. The van der Waals surface area contributed by atoms with Crippen LogP contribution in [0.5, 0.6) is 0 Å². The van der Waals surface area contributed by atoms with Gasteiger partial charge in [0, 0.05) is 24.5 Å². The molecular weight excluding hydrogens is 234 g/mol. The van der Waals surface area contributed by atoms with Crippen molar-refractivity contribution < 1.29 is 9.53 Å². The molecule has 1 rings (SSSR count). The van der Waals surface area contributed by atoms with Gasteiger partial charge in [0.25, 0.3) is 0 Å². The molecule has 4 heteroatoms. The molecule has 1 fully saturated rings. The molecular formula is C9H16BrNO2. The maximum atomic E-state index is 11.6. The Morgan fingerprint density at radius 1 is 1.62 bits per heavy atom. The minimum absolute atomic E-state index is 0.129. The first-order chi connectivity index (χ1) is 6.29. The molecule has 0 heterocycles. The van der Waals surface area contributed by atoms with Crippen LogP contribution >= 0.6 is 15.9 Å². The molecule has 0 bridgehead atoms. The van der Waals surface area contributed by atoms with Crippen LogP contribution in [0.3, 0.4) is 0 Å². The fourth-order valence-corrected chi connectivity index (χ4v) is 1.64. The average Bonchev–Trinajstić information content (AvgIpc) is 2.93. The molecule has 0 radical (unpaired) electrons. The number of ether oxygens (including phenoxy) is 1. The zero-order chi connectivity index (χ0) is 9.68. The SMILES string of the molecule is CCOCC(=O)N(CCBr)C1CC1. The number of nitrogens with zero attached hydrogens (tertiary/aromatic N) is 1. The molecule has 0 atom stereocenters. The first kappa shape index (κ1) is 11.0. The lowest BCUT2D eigenvalue weighted by Gasteiger charge is -2.20. The number of carbonyl (C=O) groups excluding carboxylic acids is 1. The lowest BCUT2D eigenvalue weighted by molar-refractivity contribution is -0.136. The minimum Gasteiger partial charge on any atom is -0.372 e. The van der Waals surface area contributed by atoms with Crippen LogP contribution in [0.2, 0.25) is 0 Å². The standard InChI is InChI=1S/C9H16BrNO2/c1-2-13-7-9(12)11(6-5-10)8-3-4-8/h8H,2-7H2,1H3. The Kier molecular flexibility index (Phi) is 4.73. The maximum Gasteiger partial charge on any atom is 0.248 e. The molecule has 13 heavy (non-hydrogen) atoms. The minimum atomic E-state index is 0.129. The number of halogens is 1. The van der Waals surface area contributed by atoms with Crippen molar-refractivity contribution in [2.75, 3.05) is 25.1 Å². The largest absolute Gasteiger partial charge is 0.372 e. The third-order valence-corrected chi connectivity index (χ3v) is 2.42. The van der Waals surface area contributed by atoms with Crippen molar-refractivity contribution in [1.82, 2.24) is 4.90 Å². The van der Waals surface area contributed by atoms with Gasteiger partial charge in [-0.05, 0) is 19.8 Å². The summed E-state index contributed by atoms with van der Waals surface area (Å²) in [6.45, 7) is 3.55. The van der Waals surface area contributed by atoms with E-state index in [-0.39, 0.29) is 12.5 Å². The monoisotopic (exact) mass is 249 g/mol. The molecule has 0 aromatic rings. The summed E-state index contributed by atoms with van der Waals surface area (Å²) in [5.74, 6) is 0.129. The number of amides is 1. The topological polar surface area (TPSA) is 29.5 Å². The predicted octanol–water partition coefficient (Wildman–Crippen LogP) is 1.41. The molecule has 0 aromatic heterocycles. The fourth-order valence-electron chi connectivity index (χ4n) is 1.26. The quantitative estimate of drug-likeness (QED) is 0.667. The third kappa shape index (κ3) is 3.65. The summed E-state index contributed by atoms with van der Waals surface area (Å²) in [6.07, 6.45) is 2.32. The Bertz CT molecular complexity index is 171. The highest BCUT2D eigenvalue weighted by Gasteiger charge is 2.31. The number of hydrogen-bond acceptors (Lipinski definition) is 2. The molecule has 1 saturated carbocycles. The highest BCUT2D eigenvalue weighted by Crippen LogP contribution is 2.26. The number of rotatable bonds is 6. The van der Waals surface area contributed by atoms with Gasteiger partial charge in [0.2, 0.25) is 5.91 Å². The van der Waals surface area contributed by atoms with E-state index in [9.17, 15) is 4.79 Å². The van der Waals surface area contributed by atoms with E-state index >= 15 is 0 Å². The Hall–Kier alpha value is -0.0900. The van der Waals surface area contributed by atoms with Crippen LogP contribution in [0.1, 0.15) is 19.8 Å². The fraction of sp³-hybridized carbons (Fsp3) is 0.889. The molecule has 0 saturated heterocycles. The molecule has 1 aliphatic carbocycles. The summed E-state index contributed by atoms with van der Waals surface area (Å²) in [7, 11) is 0. The van der Waals surface area contributed by atoms with Gasteiger partial charge < -0.3 is 9.64 Å². The van der Waals surface area contributed by atoms with Gasteiger partial charge in [0.15, 0.2) is 0 Å². The van der Waals surface area contributed by atoms with Crippen molar-refractivity contribution in [3.05, 3.63) is 0 Å². The normalized spacial score (nSPS) is 15.8. The van der Waals surface area contributed by atoms with E-state index in [1.165, 1.54) is 0 Å². The number of hydrogen-bond donors (Lipinski definition) is 0. The van der Waals surface area contributed by atoms with Crippen molar-refractivity contribution in [3.8, 4) is 0 Å². The van der Waals surface area contributed by atoms with E-state index in [1.54, 1.807) is 0 Å². The molecule has 0 aromatic carbocycles. The first-order valence-corrected chi connectivity index (χ1v) is 5.85. The highest BCUT2D eigenvalue weighted by molar-refractivity contribution is 9.09. The van der Waals surface area contributed by atoms with E-state index in [1.807, 2.05) is 11.8 Å². The second kappa shape index (κ2) is 5.60. The van der Waals surface area contributed by atoms with Crippen LogP contribution in [0.15, 0.2) is 0 Å². The Balaban J connectivity index is 2.29. The van der Waals surface area contributed by atoms with Crippen molar-refractivity contribution in [2.45, 2.75) is 25.8 Å². The van der Waals surface area contributed by atoms with Gasteiger partial charge in [0.05, 0.1) is 0 Å². The Morgan fingerprint density at radius 2 is 2.31 bits per heavy atom. The smallest absolute Gasteiger partial charge is 0.248 e. The summed E-state index contributed by atoms with van der Waals surface area (Å²) < 4.78 is 5.09. The molecule has 0 aliphatic heterocycles. The highest BCUT2D eigenvalue weighted by atomic mass is 79.9. The molecule has 0 unspecified atom stereocenters. The van der Waals surface area contributed by atoms with E-state index in [0.717, 1.165) is 24.7 Å². The van der Waals surface area contributed by atoms with Gasteiger partial charge in [-0.15, -0.1) is 0 Å². The van der Waals surface area contributed by atoms with Gasteiger partial charge >= 0.3 is 0 Å². The summed E-state index contributed by atoms with van der Waals surface area (Å²) >= 11 is 3.35. The van der Waals surface area contributed by atoms with Crippen molar-refractivity contribution in [2.24, 2.45) is 0 Å². The predicted molar refractivity (Wildman–Crippen MR) is 55.0 cm³/mol. The van der Waals surface area contributed by atoms with E-state index in [4.69, 9.17) is 4.74 Å². The van der Waals surface area contributed by atoms with Crippen LogP contribution in [0.4, 0.5) is 0 Å². The summed E-state index contributed by atoms with van der Waals surface area (Å²) in [4.78, 5) is 13.5. The van der Waals surface area contributed by atoms with Crippen LogP contribution < -0.4 is 0 Å². The molecule has 0 spiro atoms. The third-order valence-electron chi connectivity index (χ3n) is 2.06. The van der Waals surface area contributed by atoms with Crippen LogP contribution in [-0.2, 0) is 9.53 Å². The summed E-state index contributed by atoms with van der Waals surface area (Å²) in [6, 6.07) is 0.491. The van der Waals surface area contributed by atoms with Gasteiger partial charge in [-0.2, -0.15) is 0 Å². The van der Waals surface area contributed by atoms with Crippen LogP contribution in [0, 0.1) is 0 Å². The Morgan fingerprint density at radius 3 is 2.77 bits per heavy atom. The van der Waals surface area contributed by atoms with Crippen molar-refractivity contribution >= 4 is 21.8 Å². The summed E-state index contributed by atoms with van der Waals surface area (Å²) in [5, 5.41) is 0.849. The van der Waals surface area contributed by atoms with Crippen LogP contribution in [0.25, 0.3) is 0 Å². The zero-order valence-electron chi connectivity index (χ0n) is 7.96. The van der Waals surface area contributed by atoms with E-state index < -0.39 is 0 Å². The summed E-state index contributed by atoms with van der Waals surface area (Å²) in [5.41, 5.74) is 0.